The van der Waals surface area contributed by atoms with Crippen LogP contribution in [0.2, 0.25) is 5.02 Å². The number of rotatable bonds is 5. The van der Waals surface area contributed by atoms with Crippen molar-refractivity contribution in [3.8, 4) is 11.8 Å². The average molecular weight is 359 g/mol. The number of anilines is 1. The van der Waals surface area contributed by atoms with Gasteiger partial charge in [0, 0.05) is 5.02 Å². The third-order valence-corrected chi connectivity index (χ3v) is 3.52. The van der Waals surface area contributed by atoms with Gasteiger partial charge in [-0.3, -0.25) is 4.79 Å². The Bertz CT molecular complexity index is 859. The lowest BCUT2D eigenvalue weighted by Crippen LogP contribution is -2.21. The van der Waals surface area contributed by atoms with E-state index in [2.05, 4.69) is 5.32 Å². The largest absolute Gasteiger partial charge is 0.496 e. The van der Waals surface area contributed by atoms with Gasteiger partial charge in [0.2, 0.25) is 0 Å². The van der Waals surface area contributed by atoms with Crippen LogP contribution in [-0.2, 0) is 9.53 Å². The van der Waals surface area contributed by atoms with Gasteiger partial charge in [-0.25, -0.2) is 4.79 Å². The fourth-order valence-corrected chi connectivity index (χ4v) is 2.27. The molecule has 2 aromatic carbocycles. The van der Waals surface area contributed by atoms with Gasteiger partial charge in [-0.05, 0) is 37.3 Å². The Morgan fingerprint density at radius 1 is 1.24 bits per heavy atom. The standard InChI is InChI=1S/C18H15ClN2O4/c1-11-3-6-16(24-2)14(7-11)18(23)25-10-17(22)21-15-8-13(19)5-4-12(15)9-20/h3-8H,10H2,1-2H3,(H,21,22). The highest BCUT2D eigenvalue weighted by atomic mass is 35.5. The van der Waals surface area contributed by atoms with Crippen LogP contribution in [0.5, 0.6) is 5.75 Å². The first-order valence-corrected chi connectivity index (χ1v) is 7.63. The Balaban J connectivity index is 2.03. The predicted octanol–water partition coefficient (Wildman–Crippen LogP) is 3.32. The Kier molecular flexibility index (Phi) is 5.98. The predicted molar refractivity (Wildman–Crippen MR) is 92.8 cm³/mol. The van der Waals surface area contributed by atoms with Crippen molar-refractivity contribution < 1.29 is 19.1 Å². The molecule has 0 bridgehead atoms. The van der Waals surface area contributed by atoms with Crippen LogP contribution >= 0.6 is 11.6 Å². The number of carbonyl (C=O) groups is 2. The average Bonchev–Trinajstić information content (AvgIpc) is 2.60. The van der Waals surface area contributed by atoms with Gasteiger partial charge < -0.3 is 14.8 Å². The molecule has 2 rings (SSSR count). The summed E-state index contributed by atoms with van der Waals surface area (Å²) >= 11 is 5.85. The summed E-state index contributed by atoms with van der Waals surface area (Å²) in [6.07, 6.45) is 0. The summed E-state index contributed by atoms with van der Waals surface area (Å²) in [4.78, 5) is 24.1. The number of nitriles is 1. The van der Waals surface area contributed by atoms with Crippen LogP contribution in [0.4, 0.5) is 5.69 Å². The lowest BCUT2D eigenvalue weighted by molar-refractivity contribution is -0.119. The van der Waals surface area contributed by atoms with E-state index in [1.165, 1.54) is 19.2 Å². The summed E-state index contributed by atoms with van der Waals surface area (Å²) in [5, 5.41) is 11.9. The normalized spacial score (nSPS) is 9.84. The highest BCUT2D eigenvalue weighted by Crippen LogP contribution is 2.22. The molecule has 0 atom stereocenters. The number of halogens is 1. The summed E-state index contributed by atoms with van der Waals surface area (Å²) < 4.78 is 10.1. The molecule has 0 aromatic heterocycles. The van der Waals surface area contributed by atoms with E-state index in [4.69, 9.17) is 26.3 Å². The third-order valence-electron chi connectivity index (χ3n) is 3.29. The molecule has 0 radical (unpaired) electrons. The molecule has 6 nitrogen and oxygen atoms in total. The van der Waals surface area contributed by atoms with Crippen LogP contribution in [0.15, 0.2) is 36.4 Å². The number of aryl methyl sites for hydroxylation is 1. The van der Waals surface area contributed by atoms with Crippen LogP contribution < -0.4 is 10.1 Å². The molecule has 128 valence electrons. The number of amides is 1. The summed E-state index contributed by atoms with van der Waals surface area (Å²) in [6, 6.07) is 11.5. The molecular weight excluding hydrogens is 344 g/mol. The number of nitrogens with one attached hydrogen (secondary N) is 1. The van der Waals surface area contributed by atoms with Crippen molar-refractivity contribution in [1.82, 2.24) is 0 Å². The monoisotopic (exact) mass is 358 g/mol. The Morgan fingerprint density at radius 2 is 2.00 bits per heavy atom. The smallest absolute Gasteiger partial charge is 0.342 e. The minimum Gasteiger partial charge on any atom is -0.496 e. The SMILES string of the molecule is COc1ccc(C)cc1C(=O)OCC(=O)Nc1cc(Cl)ccc1C#N. The van der Waals surface area contributed by atoms with Gasteiger partial charge in [0.15, 0.2) is 6.61 Å². The van der Waals surface area contributed by atoms with Crippen molar-refractivity contribution in [2.75, 3.05) is 19.0 Å². The van der Waals surface area contributed by atoms with E-state index >= 15 is 0 Å². The number of carbonyl (C=O) groups excluding carboxylic acids is 2. The van der Waals surface area contributed by atoms with E-state index in [9.17, 15) is 9.59 Å². The van der Waals surface area contributed by atoms with Crippen molar-refractivity contribution >= 4 is 29.2 Å². The van der Waals surface area contributed by atoms with Crippen molar-refractivity contribution in [2.24, 2.45) is 0 Å². The van der Waals surface area contributed by atoms with Crippen LogP contribution in [0.3, 0.4) is 0 Å². The third kappa shape index (κ3) is 4.72. The number of hydrogen-bond donors (Lipinski definition) is 1. The first kappa shape index (κ1) is 18.3. The molecule has 0 aliphatic carbocycles. The van der Waals surface area contributed by atoms with Crippen LogP contribution in [0, 0.1) is 18.3 Å². The van der Waals surface area contributed by atoms with Crippen LogP contribution in [-0.4, -0.2) is 25.6 Å². The van der Waals surface area contributed by atoms with Gasteiger partial charge in [0.1, 0.15) is 17.4 Å². The molecule has 0 saturated heterocycles. The van der Waals surface area contributed by atoms with E-state index in [-0.39, 0.29) is 16.8 Å². The summed E-state index contributed by atoms with van der Waals surface area (Å²) in [6.45, 7) is 1.32. The van der Waals surface area contributed by atoms with E-state index in [1.807, 2.05) is 13.0 Å². The second kappa shape index (κ2) is 8.18. The fraction of sp³-hybridized carbons (Fsp3) is 0.167. The Hall–Kier alpha value is -3.04. The highest BCUT2D eigenvalue weighted by molar-refractivity contribution is 6.31. The minimum absolute atomic E-state index is 0.232. The molecule has 0 saturated carbocycles. The molecule has 7 heteroatoms. The number of ether oxygens (including phenoxy) is 2. The number of hydrogen-bond acceptors (Lipinski definition) is 5. The van der Waals surface area contributed by atoms with E-state index in [1.54, 1.807) is 24.3 Å². The van der Waals surface area contributed by atoms with E-state index in [0.29, 0.717) is 10.8 Å². The zero-order chi connectivity index (χ0) is 18.4. The van der Waals surface area contributed by atoms with Crippen molar-refractivity contribution in [3.05, 3.63) is 58.1 Å². The van der Waals surface area contributed by atoms with Crippen molar-refractivity contribution in [3.63, 3.8) is 0 Å². The quantitative estimate of drug-likeness (QED) is 0.828. The van der Waals surface area contributed by atoms with Gasteiger partial charge >= 0.3 is 5.97 Å². The van der Waals surface area contributed by atoms with Crippen LogP contribution in [0.25, 0.3) is 0 Å². The molecule has 0 unspecified atom stereocenters. The minimum atomic E-state index is -0.678. The fourth-order valence-electron chi connectivity index (χ4n) is 2.09. The first-order valence-electron chi connectivity index (χ1n) is 7.26. The number of benzene rings is 2. The van der Waals surface area contributed by atoms with Gasteiger partial charge in [-0.2, -0.15) is 5.26 Å². The molecule has 25 heavy (non-hydrogen) atoms. The highest BCUT2D eigenvalue weighted by Gasteiger charge is 2.16. The number of methoxy groups -OCH3 is 1. The Morgan fingerprint density at radius 3 is 2.68 bits per heavy atom. The van der Waals surface area contributed by atoms with E-state index < -0.39 is 18.5 Å². The summed E-state index contributed by atoms with van der Waals surface area (Å²) in [5.41, 5.74) is 1.60. The zero-order valence-corrected chi connectivity index (χ0v) is 14.4. The molecule has 1 N–H and O–H groups in total. The summed E-state index contributed by atoms with van der Waals surface area (Å²) in [7, 11) is 1.44. The van der Waals surface area contributed by atoms with Crippen molar-refractivity contribution in [1.29, 1.82) is 5.26 Å². The molecule has 0 heterocycles. The zero-order valence-electron chi connectivity index (χ0n) is 13.6. The molecule has 0 aliphatic heterocycles. The lowest BCUT2D eigenvalue weighted by atomic mass is 10.1. The first-order chi connectivity index (χ1) is 11.9. The molecule has 2 aromatic rings. The maximum atomic E-state index is 12.2. The van der Waals surface area contributed by atoms with E-state index in [0.717, 1.165) is 5.56 Å². The summed E-state index contributed by atoms with van der Waals surface area (Å²) in [5.74, 6) is -0.904. The maximum absolute atomic E-state index is 12.2. The molecular formula is C18H15ClN2O4. The molecule has 0 fully saturated rings. The lowest BCUT2D eigenvalue weighted by Gasteiger charge is -2.10. The molecule has 0 aliphatic rings. The van der Waals surface area contributed by atoms with Crippen molar-refractivity contribution in [2.45, 2.75) is 6.92 Å². The maximum Gasteiger partial charge on any atom is 0.342 e. The molecule has 0 spiro atoms. The van der Waals surface area contributed by atoms with Gasteiger partial charge in [-0.15, -0.1) is 0 Å². The van der Waals surface area contributed by atoms with Gasteiger partial charge in [-0.1, -0.05) is 23.2 Å². The van der Waals surface area contributed by atoms with Gasteiger partial charge in [0.05, 0.1) is 18.4 Å². The second-order valence-corrected chi connectivity index (χ2v) is 5.57. The topological polar surface area (TPSA) is 88.4 Å². The Labute approximate surface area is 149 Å². The molecule has 1 amide bonds. The van der Waals surface area contributed by atoms with Gasteiger partial charge in [0.25, 0.3) is 5.91 Å². The number of esters is 1. The number of nitrogens with zero attached hydrogens (tertiary/aromatic N) is 1. The van der Waals surface area contributed by atoms with Crippen LogP contribution in [0.1, 0.15) is 21.5 Å². The second-order valence-electron chi connectivity index (χ2n) is 5.13.